The van der Waals surface area contributed by atoms with Crippen molar-refractivity contribution in [2.75, 3.05) is 0 Å². The molecule has 25 heavy (non-hydrogen) atoms. The van der Waals surface area contributed by atoms with E-state index in [1.807, 2.05) is 30.3 Å². The molecule has 0 aliphatic carbocycles. The molecule has 0 saturated carbocycles. The third kappa shape index (κ3) is 2.97. The monoisotopic (exact) mass is 364 g/mol. The van der Waals surface area contributed by atoms with Gasteiger partial charge in [-0.05, 0) is 24.3 Å². The normalized spacial score (nSPS) is 10.9. The first-order valence-electron chi connectivity index (χ1n) is 7.46. The molecule has 0 fully saturated rings. The summed E-state index contributed by atoms with van der Waals surface area (Å²) in [7, 11) is 0. The van der Waals surface area contributed by atoms with Crippen LogP contribution in [0.25, 0.3) is 22.5 Å². The third-order valence-electron chi connectivity index (χ3n) is 3.72. The highest BCUT2D eigenvalue weighted by molar-refractivity contribution is 6.99. The summed E-state index contributed by atoms with van der Waals surface area (Å²) in [5, 5.41) is 0. The summed E-state index contributed by atoms with van der Waals surface area (Å²) >= 11 is 2.34. The van der Waals surface area contributed by atoms with Gasteiger partial charge in [0.1, 0.15) is 11.4 Å². The maximum atomic E-state index is 4.51. The highest BCUT2D eigenvalue weighted by atomic mass is 32.1. The molecule has 0 radical (unpaired) electrons. The van der Waals surface area contributed by atoms with Crippen molar-refractivity contribution in [3.8, 4) is 22.5 Å². The highest BCUT2D eigenvalue weighted by Crippen LogP contribution is 2.36. The van der Waals surface area contributed by atoms with Gasteiger partial charge in [-0.2, -0.15) is 17.5 Å². The van der Waals surface area contributed by atoms with E-state index in [1.54, 1.807) is 24.8 Å². The Kier molecular flexibility index (Phi) is 4.36. The number of aromatic nitrogens is 6. The molecule has 4 rings (SSSR count). The van der Waals surface area contributed by atoms with Crippen LogP contribution in [0.15, 0.2) is 61.7 Å². The number of allylic oxidation sites excluding steroid dienone is 1. The third-order valence-corrected chi connectivity index (χ3v) is 4.81. The van der Waals surface area contributed by atoms with Gasteiger partial charge in [-0.15, -0.1) is 6.58 Å². The van der Waals surface area contributed by atoms with Gasteiger partial charge in [-0.25, -0.2) is 0 Å². The van der Waals surface area contributed by atoms with Crippen molar-refractivity contribution >= 4 is 23.5 Å². The highest BCUT2D eigenvalue weighted by Gasteiger charge is 2.26. The molecule has 8 heteroatoms. The Bertz CT molecular complexity index is 903. The number of pyridine rings is 2. The van der Waals surface area contributed by atoms with Crippen LogP contribution in [0.5, 0.6) is 0 Å². The van der Waals surface area contributed by atoms with Crippen molar-refractivity contribution in [1.82, 2.24) is 27.5 Å². The topological polar surface area (TPSA) is 77.3 Å². The van der Waals surface area contributed by atoms with Gasteiger partial charge < -0.3 is 0 Å². The first-order valence-corrected chi connectivity index (χ1v) is 8.93. The van der Waals surface area contributed by atoms with Crippen LogP contribution in [0, 0.1) is 0 Å². The number of hydrogen-bond donors (Lipinski definition) is 0. The molecule has 0 saturated heterocycles. The van der Waals surface area contributed by atoms with Crippen LogP contribution in [0.4, 0.5) is 0 Å². The Hall–Kier alpha value is -2.84. The van der Waals surface area contributed by atoms with Crippen molar-refractivity contribution in [2.45, 2.75) is 5.92 Å². The molecular formula is C17H12N6S2. The second-order valence-electron chi connectivity index (χ2n) is 5.19. The minimum absolute atomic E-state index is 0.206. The van der Waals surface area contributed by atoms with E-state index in [-0.39, 0.29) is 5.92 Å². The molecule has 4 heterocycles. The fourth-order valence-corrected chi connectivity index (χ4v) is 3.78. The molecule has 0 N–H and O–H groups in total. The predicted molar refractivity (Wildman–Crippen MR) is 98.3 cm³/mol. The van der Waals surface area contributed by atoms with E-state index in [9.17, 15) is 0 Å². The van der Waals surface area contributed by atoms with Gasteiger partial charge in [0.25, 0.3) is 0 Å². The zero-order valence-corrected chi connectivity index (χ0v) is 14.6. The van der Waals surface area contributed by atoms with E-state index in [2.05, 4.69) is 34.0 Å². The molecule has 122 valence electrons. The van der Waals surface area contributed by atoms with E-state index in [4.69, 9.17) is 0 Å². The van der Waals surface area contributed by atoms with Gasteiger partial charge >= 0.3 is 0 Å². The van der Waals surface area contributed by atoms with Crippen LogP contribution >= 0.6 is 23.5 Å². The molecule has 0 spiro atoms. The molecule has 0 aliphatic heterocycles. The van der Waals surface area contributed by atoms with Gasteiger partial charge in [0.2, 0.25) is 0 Å². The molecule has 0 unspecified atom stereocenters. The lowest BCUT2D eigenvalue weighted by Crippen LogP contribution is -2.03. The van der Waals surface area contributed by atoms with Crippen molar-refractivity contribution in [3.63, 3.8) is 0 Å². The lowest BCUT2D eigenvalue weighted by molar-refractivity contribution is 0.955. The number of rotatable bonds is 5. The second-order valence-corrected chi connectivity index (χ2v) is 6.25. The summed E-state index contributed by atoms with van der Waals surface area (Å²) < 4.78 is 17.9. The Balaban J connectivity index is 1.81. The van der Waals surface area contributed by atoms with Crippen LogP contribution in [0.1, 0.15) is 17.3 Å². The van der Waals surface area contributed by atoms with Gasteiger partial charge in [-0.1, -0.05) is 6.08 Å². The first-order chi connectivity index (χ1) is 12.4. The van der Waals surface area contributed by atoms with Crippen molar-refractivity contribution in [2.24, 2.45) is 0 Å². The van der Waals surface area contributed by atoms with Crippen molar-refractivity contribution < 1.29 is 0 Å². The van der Waals surface area contributed by atoms with E-state index in [0.717, 1.165) is 33.9 Å². The van der Waals surface area contributed by atoms with Crippen LogP contribution in [0.2, 0.25) is 0 Å². The average molecular weight is 364 g/mol. The molecule has 0 atom stereocenters. The SMILES string of the molecule is C=CC(c1nsnc1-c1cccnc1)c1nsnc1-c1cccnc1. The standard InChI is InChI=1S/C17H12N6S2/c1-2-13(16-14(20-24-22-16)11-5-3-7-18-9-11)17-15(21-25-23-17)12-6-4-8-19-10-12/h2-10,13H,1H2. The lowest BCUT2D eigenvalue weighted by Gasteiger charge is -2.10. The second kappa shape index (κ2) is 6.96. The lowest BCUT2D eigenvalue weighted by atomic mass is 9.94. The fraction of sp³-hybridized carbons (Fsp3) is 0.0588. The zero-order valence-electron chi connectivity index (χ0n) is 13.0. The zero-order chi connectivity index (χ0) is 17.1. The summed E-state index contributed by atoms with van der Waals surface area (Å²) in [4.78, 5) is 8.34. The van der Waals surface area contributed by atoms with Gasteiger partial charge in [0.15, 0.2) is 0 Å². The van der Waals surface area contributed by atoms with Crippen molar-refractivity contribution in [1.29, 1.82) is 0 Å². The summed E-state index contributed by atoms with van der Waals surface area (Å²) in [6.45, 7) is 3.98. The van der Waals surface area contributed by atoms with Crippen LogP contribution in [0.3, 0.4) is 0 Å². The van der Waals surface area contributed by atoms with Gasteiger partial charge in [0, 0.05) is 35.9 Å². The Morgan fingerprint density at radius 3 is 1.72 bits per heavy atom. The molecule has 0 amide bonds. The quantitative estimate of drug-likeness (QED) is 0.501. The summed E-state index contributed by atoms with van der Waals surface area (Å²) in [5.41, 5.74) is 5.06. The number of nitrogens with zero attached hydrogens (tertiary/aromatic N) is 6. The van der Waals surface area contributed by atoms with Crippen LogP contribution < -0.4 is 0 Å². The predicted octanol–water partition coefficient (Wildman–Crippen LogP) is 3.83. The summed E-state index contributed by atoms with van der Waals surface area (Å²) in [6, 6.07) is 7.70. The van der Waals surface area contributed by atoms with Gasteiger partial charge in [-0.3, -0.25) is 9.97 Å². The van der Waals surface area contributed by atoms with Crippen LogP contribution in [-0.2, 0) is 0 Å². The van der Waals surface area contributed by atoms with Crippen LogP contribution in [-0.4, -0.2) is 27.5 Å². The van der Waals surface area contributed by atoms with E-state index in [0.29, 0.717) is 0 Å². The Labute approximate surface area is 152 Å². The summed E-state index contributed by atoms with van der Waals surface area (Å²) in [6.07, 6.45) is 8.86. The molecule has 4 aromatic heterocycles. The molecule has 6 nitrogen and oxygen atoms in total. The number of hydrogen-bond acceptors (Lipinski definition) is 8. The molecule has 0 aromatic carbocycles. The van der Waals surface area contributed by atoms with E-state index in [1.165, 1.54) is 23.5 Å². The maximum Gasteiger partial charge on any atom is 0.110 e. The first kappa shape index (κ1) is 15.7. The van der Waals surface area contributed by atoms with E-state index < -0.39 is 0 Å². The molecule has 4 aromatic rings. The smallest absolute Gasteiger partial charge is 0.110 e. The van der Waals surface area contributed by atoms with Crippen molar-refractivity contribution in [3.05, 3.63) is 73.1 Å². The van der Waals surface area contributed by atoms with Gasteiger partial charge in [0.05, 0.1) is 40.8 Å². The summed E-state index contributed by atoms with van der Waals surface area (Å²) in [5.74, 6) is -0.206. The Morgan fingerprint density at radius 1 is 0.800 bits per heavy atom. The molecular weight excluding hydrogens is 352 g/mol. The maximum absolute atomic E-state index is 4.51. The fourth-order valence-electron chi connectivity index (χ4n) is 2.56. The Morgan fingerprint density at radius 2 is 1.32 bits per heavy atom. The average Bonchev–Trinajstić information content (AvgIpc) is 3.34. The largest absolute Gasteiger partial charge is 0.264 e. The minimum atomic E-state index is -0.206. The van der Waals surface area contributed by atoms with E-state index >= 15 is 0 Å². The minimum Gasteiger partial charge on any atom is -0.264 e. The molecule has 0 bridgehead atoms. The molecule has 0 aliphatic rings.